The molecular formula is C13H19NO. The molecule has 1 unspecified atom stereocenters. The van der Waals surface area contributed by atoms with Crippen molar-refractivity contribution in [3.63, 3.8) is 0 Å². The average molecular weight is 205 g/mol. The Balaban J connectivity index is 2.80. The summed E-state index contributed by atoms with van der Waals surface area (Å²) in [5.74, 6) is 0.101. The zero-order chi connectivity index (χ0) is 11.4. The molecular weight excluding hydrogens is 186 g/mol. The van der Waals surface area contributed by atoms with Crippen molar-refractivity contribution < 1.29 is 4.79 Å². The molecule has 0 saturated carbocycles. The van der Waals surface area contributed by atoms with E-state index in [0.29, 0.717) is 6.04 Å². The topological polar surface area (TPSA) is 20.3 Å². The lowest BCUT2D eigenvalue weighted by Gasteiger charge is -2.23. The number of nitrogens with zero attached hydrogens (tertiary/aromatic N) is 1. The van der Waals surface area contributed by atoms with E-state index < -0.39 is 0 Å². The molecule has 1 aromatic rings. The van der Waals surface area contributed by atoms with E-state index in [1.54, 1.807) is 4.90 Å². The predicted octanol–water partition coefficient (Wildman–Crippen LogP) is 2.87. The molecule has 0 N–H and O–H groups in total. The zero-order valence-electron chi connectivity index (χ0n) is 9.95. The van der Waals surface area contributed by atoms with Crippen LogP contribution < -0.4 is 0 Å². The number of aryl methyl sites for hydroxylation is 1. The third-order valence-electron chi connectivity index (χ3n) is 2.87. The van der Waals surface area contributed by atoms with Crippen LogP contribution in [0.4, 0.5) is 0 Å². The Bertz CT molecular complexity index is 329. The second-order valence-corrected chi connectivity index (χ2v) is 4.04. The molecule has 0 fully saturated rings. The highest BCUT2D eigenvalue weighted by atomic mass is 16.2. The first-order chi connectivity index (χ1) is 7.06. The Kier molecular flexibility index (Phi) is 3.89. The lowest BCUT2D eigenvalue weighted by Crippen LogP contribution is -2.34. The lowest BCUT2D eigenvalue weighted by molar-refractivity contribution is 0.0740. The number of hydrogen-bond donors (Lipinski definition) is 0. The van der Waals surface area contributed by atoms with Crippen LogP contribution in [-0.4, -0.2) is 23.9 Å². The SMILES string of the molecule is CCC(C)N(C)C(=O)c1ccc(C)cc1. The summed E-state index contributed by atoms with van der Waals surface area (Å²) in [5, 5.41) is 0. The van der Waals surface area contributed by atoms with E-state index in [0.717, 1.165) is 12.0 Å². The third-order valence-corrected chi connectivity index (χ3v) is 2.87. The maximum absolute atomic E-state index is 12.0. The van der Waals surface area contributed by atoms with E-state index in [9.17, 15) is 4.79 Å². The van der Waals surface area contributed by atoms with Gasteiger partial charge in [-0.2, -0.15) is 0 Å². The molecule has 0 bridgehead atoms. The number of amides is 1. The van der Waals surface area contributed by atoms with Gasteiger partial charge in [0.1, 0.15) is 0 Å². The van der Waals surface area contributed by atoms with Crippen molar-refractivity contribution in [2.24, 2.45) is 0 Å². The van der Waals surface area contributed by atoms with Crippen LogP contribution in [0.1, 0.15) is 36.2 Å². The van der Waals surface area contributed by atoms with E-state index >= 15 is 0 Å². The van der Waals surface area contributed by atoms with E-state index in [1.807, 2.05) is 38.2 Å². The number of hydrogen-bond acceptors (Lipinski definition) is 1. The van der Waals surface area contributed by atoms with Crippen LogP contribution in [0.3, 0.4) is 0 Å². The Morgan fingerprint density at radius 2 is 1.87 bits per heavy atom. The fraction of sp³-hybridized carbons (Fsp3) is 0.462. The standard InChI is InChI=1S/C13H19NO/c1-5-11(3)14(4)13(15)12-8-6-10(2)7-9-12/h6-9,11H,5H2,1-4H3. The Labute approximate surface area is 91.9 Å². The van der Waals surface area contributed by atoms with E-state index in [1.165, 1.54) is 5.56 Å². The molecule has 1 atom stereocenters. The maximum Gasteiger partial charge on any atom is 0.253 e. The fourth-order valence-electron chi connectivity index (χ4n) is 1.37. The zero-order valence-corrected chi connectivity index (χ0v) is 9.95. The summed E-state index contributed by atoms with van der Waals surface area (Å²) in [5.41, 5.74) is 1.95. The second-order valence-electron chi connectivity index (χ2n) is 4.04. The summed E-state index contributed by atoms with van der Waals surface area (Å²) >= 11 is 0. The highest BCUT2D eigenvalue weighted by Crippen LogP contribution is 2.09. The van der Waals surface area contributed by atoms with Crippen LogP contribution in [0.15, 0.2) is 24.3 Å². The van der Waals surface area contributed by atoms with Gasteiger partial charge in [0.15, 0.2) is 0 Å². The predicted molar refractivity (Wildman–Crippen MR) is 63.0 cm³/mol. The molecule has 0 spiro atoms. The number of carbonyl (C=O) groups excluding carboxylic acids is 1. The number of benzene rings is 1. The molecule has 1 amide bonds. The minimum atomic E-state index is 0.101. The normalized spacial score (nSPS) is 12.3. The monoisotopic (exact) mass is 205 g/mol. The molecule has 0 aliphatic rings. The highest BCUT2D eigenvalue weighted by Gasteiger charge is 2.15. The van der Waals surface area contributed by atoms with Crippen molar-refractivity contribution in [3.05, 3.63) is 35.4 Å². The van der Waals surface area contributed by atoms with Gasteiger partial charge in [-0.15, -0.1) is 0 Å². The molecule has 15 heavy (non-hydrogen) atoms. The van der Waals surface area contributed by atoms with Crippen molar-refractivity contribution >= 4 is 5.91 Å². The minimum Gasteiger partial charge on any atom is -0.339 e. The Morgan fingerprint density at radius 3 is 2.33 bits per heavy atom. The van der Waals surface area contributed by atoms with Crippen molar-refractivity contribution in [2.45, 2.75) is 33.2 Å². The van der Waals surface area contributed by atoms with Gasteiger partial charge >= 0.3 is 0 Å². The van der Waals surface area contributed by atoms with Gasteiger partial charge in [-0.05, 0) is 32.4 Å². The van der Waals surface area contributed by atoms with Crippen molar-refractivity contribution in [1.29, 1.82) is 0 Å². The Hall–Kier alpha value is -1.31. The highest BCUT2D eigenvalue weighted by molar-refractivity contribution is 5.94. The first-order valence-electron chi connectivity index (χ1n) is 5.40. The number of carbonyl (C=O) groups is 1. The first kappa shape index (κ1) is 11.8. The molecule has 2 nitrogen and oxygen atoms in total. The summed E-state index contributed by atoms with van der Waals surface area (Å²) in [7, 11) is 1.86. The summed E-state index contributed by atoms with van der Waals surface area (Å²) in [6.07, 6.45) is 0.980. The van der Waals surface area contributed by atoms with Gasteiger partial charge < -0.3 is 4.90 Å². The van der Waals surface area contributed by atoms with Crippen LogP contribution in [0.2, 0.25) is 0 Å². The summed E-state index contributed by atoms with van der Waals surface area (Å²) in [4.78, 5) is 13.8. The van der Waals surface area contributed by atoms with Crippen LogP contribution >= 0.6 is 0 Å². The van der Waals surface area contributed by atoms with E-state index in [2.05, 4.69) is 13.8 Å². The van der Waals surface area contributed by atoms with Gasteiger partial charge in [-0.3, -0.25) is 4.79 Å². The molecule has 0 aliphatic heterocycles. The minimum absolute atomic E-state index is 0.101. The first-order valence-corrected chi connectivity index (χ1v) is 5.40. The van der Waals surface area contributed by atoms with Gasteiger partial charge in [-0.25, -0.2) is 0 Å². The van der Waals surface area contributed by atoms with Gasteiger partial charge in [0.25, 0.3) is 5.91 Å². The maximum atomic E-state index is 12.0. The molecule has 82 valence electrons. The van der Waals surface area contributed by atoms with Crippen molar-refractivity contribution in [2.75, 3.05) is 7.05 Å². The molecule has 0 saturated heterocycles. The van der Waals surface area contributed by atoms with Gasteiger partial charge in [-0.1, -0.05) is 24.6 Å². The molecule has 0 aliphatic carbocycles. The average Bonchev–Trinajstić information content (AvgIpc) is 2.27. The fourth-order valence-corrected chi connectivity index (χ4v) is 1.37. The molecule has 0 aromatic heterocycles. The third kappa shape index (κ3) is 2.82. The second kappa shape index (κ2) is 4.96. The molecule has 1 aromatic carbocycles. The quantitative estimate of drug-likeness (QED) is 0.743. The Morgan fingerprint density at radius 1 is 1.33 bits per heavy atom. The van der Waals surface area contributed by atoms with Crippen LogP contribution in [0, 0.1) is 6.92 Å². The lowest BCUT2D eigenvalue weighted by atomic mass is 10.1. The van der Waals surface area contributed by atoms with Gasteiger partial charge in [0.2, 0.25) is 0 Å². The molecule has 1 rings (SSSR count). The summed E-state index contributed by atoms with van der Waals surface area (Å²) < 4.78 is 0. The van der Waals surface area contributed by atoms with Gasteiger partial charge in [0.05, 0.1) is 0 Å². The van der Waals surface area contributed by atoms with E-state index in [-0.39, 0.29) is 5.91 Å². The smallest absolute Gasteiger partial charge is 0.253 e. The van der Waals surface area contributed by atoms with Crippen LogP contribution in [-0.2, 0) is 0 Å². The largest absolute Gasteiger partial charge is 0.339 e. The summed E-state index contributed by atoms with van der Waals surface area (Å²) in [6, 6.07) is 8.00. The number of rotatable bonds is 3. The molecule has 0 heterocycles. The van der Waals surface area contributed by atoms with Gasteiger partial charge in [0, 0.05) is 18.7 Å². The molecule has 2 heteroatoms. The van der Waals surface area contributed by atoms with Crippen LogP contribution in [0.25, 0.3) is 0 Å². The van der Waals surface area contributed by atoms with Crippen molar-refractivity contribution in [1.82, 2.24) is 4.90 Å². The summed E-state index contributed by atoms with van der Waals surface area (Å²) in [6.45, 7) is 6.17. The van der Waals surface area contributed by atoms with E-state index in [4.69, 9.17) is 0 Å². The molecule has 0 radical (unpaired) electrons. The van der Waals surface area contributed by atoms with Crippen molar-refractivity contribution in [3.8, 4) is 0 Å². The van der Waals surface area contributed by atoms with Crippen LogP contribution in [0.5, 0.6) is 0 Å².